The van der Waals surface area contributed by atoms with Crippen LogP contribution in [0.1, 0.15) is 36.7 Å². The zero-order valence-electron chi connectivity index (χ0n) is 21.0. The number of hydrogen-bond donors (Lipinski definition) is 1. The van der Waals surface area contributed by atoms with Crippen LogP contribution in [0.4, 0.5) is 5.13 Å². The maximum Gasteiger partial charge on any atom is 0.326 e. The molecule has 2 aromatic heterocycles. The number of imidazole rings is 1. The first-order valence-electron chi connectivity index (χ1n) is 12.7. The van der Waals surface area contributed by atoms with Crippen LogP contribution in [-0.4, -0.2) is 69.6 Å². The van der Waals surface area contributed by atoms with Gasteiger partial charge in [0.15, 0.2) is 0 Å². The lowest BCUT2D eigenvalue weighted by atomic mass is 10.0. The van der Waals surface area contributed by atoms with Gasteiger partial charge in [0.25, 0.3) is 0 Å². The first-order valence-corrected chi connectivity index (χ1v) is 13.5. The number of hydrogen-bond acceptors (Lipinski definition) is 7. The summed E-state index contributed by atoms with van der Waals surface area (Å²) in [6.45, 7) is 3.05. The molecule has 2 aromatic carbocycles. The number of piperidine rings is 1. The fourth-order valence-corrected chi connectivity index (χ4v) is 5.66. The topological polar surface area (TPSA) is 96.3 Å². The molecule has 5 rings (SSSR count). The van der Waals surface area contributed by atoms with Crippen molar-refractivity contribution < 1.29 is 9.53 Å². The lowest BCUT2D eigenvalue weighted by Crippen LogP contribution is -2.42. The fourth-order valence-electron chi connectivity index (χ4n) is 4.93. The molecule has 3 heterocycles. The van der Waals surface area contributed by atoms with Gasteiger partial charge < -0.3 is 19.5 Å². The van der Waals surface area contributed by atoms with E-state index in [-0.39, 0.29) is 17.6 Å². The summed E-state index contributed by atoms with van der Waals surface area (Å²) in [5.74, 6) is 0.913. The first-order chi connectivity index (χ1) is 18.1. The number of amides is 1. The van der Waals surface area contributed by atoms with E-state index in [1.165, 1.54) is 17.1 Å². The molecule has 37 heavy (non-hydrogen) atoms. The van der Waals surface area contributed by atoms with Crippen molar-refractivity contribution in [3.8, 4) is 0 Å². The summed E-state index contributed by atoms with van der Waals surface area (Å²) in [6.07, 6.45) is 2.61. The second-order valence-electron chi connectivity index (χ2n) is 9.31. The van der Waals surface area contributed by atoms with E-state index in [0.29, 0.717) is 45.6 Å². The Balaban J connectivity index is 1.17. The number of carbonyl (C=O) groups excluding carboxylic acids is 1. The number of fused-ring (bicyclic) bond motifs is 1. The Kier molecular flexibility index (Phi) is 7.96. The van der Waals surface area contributed by atoms with Crippen LogP contribution in [-0.2, 0) is 16.0 Å². The minimum absolute atomic E-state index is 0.0801. The van der Waals surface area contributed by atoms with Crippen molar-refractivity contribution in [1.82, 2.24) is 23.8 Å². The molecule has 0 aliphatic carbocycles. The van der Waals surface area contributed by atoms with E-state index in [4.69, 9.17) is 9.72 Å². The lowest BCUT2D eigenvalue weighted by molar-refractivity contribution is -0.132. The Bertz CT molecular complexity index is 1370. The summed E-state index contributed by atoms with van der Waals surface area (Å²) in [5.41, 5.74) is 2.87. The molecule has 0 saturated carbocycles. The summed E-state index contributed by atoms with van der Waals surface area (Å²) >= 11 is 1.36. The first kappa shape index (κ1) is 25.2. The molecule has 1 N–H and O–H groups in total. The number of anilines is 1. The monoisotopic (exact) mass is 520 g/mol. The second-order valence-corrected chi connectivity index (χ2v) is 10.0. The molecule has 9 nitrogen and oxygen atoms in total. The molecular weight excluding hydrogens is 488 g/mol. The minimum Gasteiger partial charge on any atom is -0.383 e. The summed E-state index contributed by atoms with van der Waals surface area (Å²) in [6, 6.07) is 18.0. The Hall–Kier alpha value is -3.50. The molecule has 10 heteroatoms. The maximum absolute atomic E-state index is 13.1. The van der Waals surface area contributed by atoms with E-state index in [1.807, 2.05) is 51.9 Å². The average Bonchev–Trinajstić information content (AvgIpc) is 3.52. The molecule has 1 aliphatic heterocycles. The maximum atomic E-state index is 13.1. The van der Waals surface area contributed by atoms with Gasteiger partial charge >= 0.3 is 5.69 Å². The number of H-pyrrole nitrogens is 1. The number of likely N-dealkylation sites (tertiary alicyclic amines) is 1. The lowest BCUT2D eigenvalue weighted by Gasteiger charge is -2.33. The number of rotatable bonds is 10. The normalized spacial score (nSPS) is 14.4. The number of methoxy groups -OCH3 is 1. The van der Waals surface area contributed by atoms with Crippen molar-refractivity contribution in [1.29, 1.82) is 0 Å². The van der Waals surface area contributed by atoms with Crippen LogP contribution in [0.5, 0.6) is 0 Å². The Labute approximate surface area is 219 Å². The van der Waals surface area contributed by atoms with E-state index in [2.05, 4.69) is 26.4 Å². The molecule has 0 bridgehead atoms. The minimum atomic E-state index is -0.0801. The summed E-state index contributed by atoms with van der Waals surface area (Å²) in [7, 11) is 1.67. The van der Waals surface area contributed by atoms with Crippen LogP contribution >= 0.6 is 11.5 Å². The van der Waals surface area contributed by atoms with Crippen LogP contribution in [0.25, 0.3) is 11.0 Å². The number of para-hydroxylation sites is 2. The van der Waals surface area contributed by atoms with Gasteiger partial charge in [0.1, 0.15) is 5.82 Å². The number of aromatic nitrogens is 4. The van der Waals surface area contributed by atoms with Crippen LogP contribution in [0.15, 0.2) is 59.4 Å². The van der Waals surface area contributed by atoms with Gasteiger partial charge in [-0.3, -0.25) is 9.36 Å². The van der Waals surface area contributed by atoms with Crippen LogP contribution in [0, 0.1) is 0 Å². The van der Waals surface area contributed by atoms with Gasteiger partial charge in [-0.05, 0) is 30.5 Å². The number of ether oxygens (including phenoxy) is 1. The molecule has 1 saturated heterocycles. The van der Waals surface area contributed by atoms with Gasteiger partial charge in [0.2, 0.25) is 11.0 Å². The summed E-state index contributed by atoms with van der Waals surface area (Å²) < 4.78 is 11.7. The molecule has 4 aromatic rings. The average molecular weight is 521 g/mol. The third-order valence-corrected chi connectivity index (χ3v) is 7.72. The fraction of sp³-hybridized carbons (Fsp3) is 0.407. The van der Waals surface area contributed by atoms with E-state index in [0.717, 1.165) is 34.8 Å². The molecule has 0 unspecified atom stereocenters. The van der Waals surface area contributed by atoms with Crippen molar-refractivity contribution in [2.45, 2.75) is 31.7 Å². The Morgan fingerprint density at radius 1 is 1.11 bits per heavy atom. The molecule has 1 fully saturated rings. The quantitative estimate of drug-likeness (QED) is 0.344. The van der Waals surface area contributed by atoms with E-state index in [1.54, 1.807) is 7.11 Å². The smallest absolute Gasteiger partial charge is 0.326 e. The van der Waals surface area contributed by atoms with E-state index < -0.39 is 0 Å². The van der Waals surface area contributed by atoms with Crippen LogP contribution in [0.3, 0.4) is 0 Å². The third kappa shape index (κ3) is 5.91. The highest BCUT2D eigenvalue weighted by atomic mass is 32.1. The van der Waals surface area contributed by atoms with Gasteiger partial charge in [-0.1, -0.05) is 42.5 Å². The second kappa shape index (κ2) is 11.7. The number of nitrogens with one attached hydrogen (secondary N) is 1. The molecule has 0 radical (unpaired) electrons. The highest BCUT2D eigenvalue weighted by Gasteiger charge is 2.26. The van der Waals surface area contributed by atoms with Crippen LogP contribution in [0.2, 0.25) is 0 Å². The number of nitrogens with zero attached hydrogens (tertiary/aromatic N) is 5. The number of benzene rings is 2. The van der Waals surface area contributed by atoms with Crippen molar-refractivity contribution >= 4 is 33.6 Å². The SMILES string of the molecule is COCCN(CCC(=O)N1CCC(n2c(=O)[nH]c3ccccc32)CC1)c1nc(Cc2ccccc2)ns1. The van der Waals surface area contributed by atoms with E-state index >= 15 is 0 Å². The van der Waals surface area contributed by atoms with Crippen molar-refractivity contribution in [2.75, 3.05) is 44.8 Å². The summed E-state index contributed by atoms with van der Waals surface area (Å²) in [5, 5.41) is 0.813. The zero-order chi connectivity index (χ0) is 25.6. The molecule has 194 valence electrons. The van der Waals surface area contributed by atoms with Gasteiger partial charge in [-0.25, -0.2) is 9.78 Å². The number of aromatic amines is 1. The van der Waals surface area contributed by atoms with E-state index in [9.17, 15) is 9.59 Å². The number of carbonyl (C=O) groups is 1. The highest BCUT2D eigenvalue weighted by molar-refractivity contribution is 7.09. The van der Waals surface area contributed by atoms with Gasteiger partial charge in [-0.15, -0.1) is 0 Å². The van der Waals surface area contributed by atoms with Crippen molar-refractivity contribution in [2.24, 2.45) is 0 Å². The Morgan fingerprint density at radius 3 is 2.65 bits per heavy atom. The highest BCUT2D eigenvalue weighted by Crippen LogP contribution is 2.25. The molecular formula is C27H32N6O3S. The van der Waals surface area contributed by atoms with Gasteiger partial charge in [-0.2, -0.15) is 4.37 Å². The van der Waals surface area contributed by atoms with Gasteiger partial charge in [0, 0.05) is 63.7 Å². The Morgan fingerprint density at radius 2 is 1.86 bits per heavy atom. The standard InChI is InChI=1S/C27H32N6O3S/c1-36-18-17-32(27-29-24(30-37-27)19-20-7-3-2-4-8-20)16-13-25(34)31-14-11-21(12-15-31)33-23-10-6-5-9-22(23)28-26(33)35/h2-10,21H,11-19H2,1H3,(H,28,35). The predicted molar refractivity (Wildman–Crippen MR) is 145 cm³/mol. The molecule has 0 atom stereocenters. The largest absolute Gasteiger partial charge is 0.383 e. The predicted octanol–water partition coefficient (Wildman–Crippen LogP) is 3.48. The molecule has 1 amide bonds. The van der Waals surface area contributed by atoms with Crippen LogP contribution < -0.4 is 10.6 Å². The van der Waals surface area contributed by atoms with Crippen molar-refractivity contribution in [3.05, 3.63) is 76.5 Å². The van der Waals surface area contributed by atoms with Crippen molar-refractivity contribution in [3.63, 3.8) is 0 Å². The van der Waals surface area contributed by atoms with Gasteiger partial charge in [0.05, 0.1) is 17.6 Å². The molecule has 0 spiro atoms. The summed E-state index contributed by atoms with van der Waals surface area (Å²) in [4.78, 5) is 37.3. The molecule has 1 aliphatic rings. The zero-order valence-corrected chi connectivity index (χ0v) is 21.8. The third-order valence-electron chi connectivity index (χ3n) is 6.90.